The van der Waals surface area contributed by atoms with Crippen molar-refractivity contribution >= 4 is 23.1 Å². The topological polar surface area (TPSA) is 37.3 Å². The first kappa shape index (κ1) is 12.4. The van der Waals surface area contributed by atoms with Crippen LogP contribution in [-0.2, 0) is 4.57 Å². The van der Waals surface area contributed by atoms with Crippen molar-refractivity contribution in [3.63, 3.8) is 0 Å². The summed E-state index contributed by atoms with van der Waals surface area (Å²) in [4.78, 5) is 0. The van der Waals surface area contributed by atoms with Gasteiger partial charge in [0, 0.05) is 10.6 Å². The largest absolute Gasteiger partial charge is 0.507 e. The van der Waals surface area contributed by atoms with Crippen LogP contribution in [0.4, 0.5) is 0 Å². The van der Waals surface area contributed by atoms with Gasteiger partial charge >= 0.3 is 0 Å². The third kappa shape index (κ3) is 1.57. The smallest absolute Gasteiger partial charge is 0.175 e. The second-order valence-electron chi connectivity index (χ2n) is 5.13. The van der Waals surface area contributed by atoms with E-state index < -0.39 is 7.14 Å². The zero-order valence-corrected chi connectivity index (χ0v) is 12.1. The lowest BCUT2D eigenvalue weighted by Gasteiger charge is -2.16. The van der Waals surface area contributed by atoms with Crippen LogP contribution in [-0.4, -0.2) is 5.11 Å². The highest BCUT2D eigenvalue weighted by Crippen LogP contribution is 2.53. The van der Waals surface area contributed by atoms with Gasteiger partial charge in [0.05, 0.1) is 5.30 Å². The van der Waals surface area contributed by atoms with Gasteiger partial charge in [-0.1, -0.05) is 60.7 Å². The Morgan fingerprint density at radius 1 is 0.619 bits per heavy atom. The first-order chi connectivity index (χ1) is 10.2. The minimum Gasteiger partial charge on any atom is -0.507 e. The summed E-state index contributed by atoms with van der Waals surface area (Å²) in [5.41, 5.74) is 2.00. The van der Waals surface area contributed by atoms with E-state index in [9.17, 15) is 9.67 Å². The van der Waals surface area contributed by atoms with Gasteiger partial charge in [-0.25, -0.2) is 0 Å². The van der Waals surface area contributed by atoms with Gasteiger partial charge in [-0.15, -0.1) is 0 Å². The Labute approximate surface area is 123 Å². The van der Waals surface area contributed by atoms with Gasteiger partial charge in [0.15, 0.2) is 7.14 Å². The maximum Gasteiger partial charge on any atom is 0.175 e. The van der Waals surface area contributed by atoms with Crippen LogP contribution < -0.4 is 15.9 Å². The molecule has 0 bridgehead atoms. The number of phenolic OH excluding ortho intramolecular Hbond substituents is 1. The summed E-state index contributed by atoms with van der Waals surface area (Å²) >= 11 is 0. The average Bonchev–Trinajstić information content (AvgIpc) is 2.79. The molecule has 0 unspecified atom stereocenters. The van der Waals surface area contributed by atoms with Crippen molar-refractivity contribution in [3.8, 4) is 16.9 Å². The van der Waals surface area contributed by atoms with E-state index in [2.05, 4.69) is 0 Å². The Hall–Kier alpha value is -2.31. The van der Waals surface area contributed by atoms with Gasteiger partial charge < -0.3 is 9.67 Å². The van der Waals surface area contributed by atoms with Gasteiger partial charge in [0.1, 0.15) is 5.75 Å². The molecule has 0 radical (unpaired) electrons. The van der Waals surface area contributed by atoms with Gasteiger partial charge in [0.25, 0.3) is 0 Å². The molecule has 1 aliphatic rings. The molecule has 3 heteroatoms. The SMILES string of the molecule is O=P1(c2ccccc2O)c2ccccc2-c2ccccc21. The number of aromatic hydroxyl groups is 1. The summed E-state index contributed by atoms with van der Waals surface area (Å²) in [6.07, 6.45) is 0. The predicted molar refractivity (Wildman–Crippen MR) is 86.5 cm³/mol. The Morgan fingerprint density at radius 2 is 1.05 bits per heavy atom. The second kappa shape index (κ2) is 4.34. The normalized spacial score (nSPS) is 14.5. The predicted octanol–water partition coefficient (Wildman–Crippen LogP) is 3.01. The van der Waals surface area contributed by atoms with Gasteiger partial charge in [-0.3, -0.25) is 0 Å². The quantitative estimate of drug-likeness (QED) is 0.548. The fourth-order valence-electron chi connectivity index (χ4n) is 3.07. The van der Waals surface area contributed by atoms with Crippen molar-refractivity contribution in [2.24, 2.45) is 0 Å². The molecule has 1 N–H and O–H groups in total. The third-order valence-corrected chi connectivity index (χ3v) is 7.19. The summed E-state index contributed by atoms with van der Waals surface area (Å²) in [6, 6.07) is 22.4. The highest BCUT2D eigenvalue weighted by molar-refractivity contribution is 7.86. The molecule has 0 spiro atoms. The molecule has 0 aromatic heterocycles. The fourth-order valence-corrected chi connectivity index (χ4v) is 6.20. The van der Waals surface area contributed by atoms with Gasteiger partial charge in [-0.05, 0) is 23.3 Å². The van der Waals surface area contributed by atoms with Gasteiger partial charge in [0.2, 0.25) is 0 Å². The minimum atomic E-state index is -2.99. The molecule has 0 saturated carbocycles. The first-order valence-electron chi connectivity index (χ1n) is 6.81. The molecule has 0 saturated heterocycles. The van der Waals surface area contributed by atoms with E-state index in [1.165, 1.54) is 0 Å². The number of rotatable bonds is 1. The number of fused-ring (bicyclic) bond motifs is 3. The van der Waals surface area contributed by atoms with Crippen LogP contribution in [0.1, 0.15) is 0 Å². The van der Waals surface area contributed by atoms with Crippen molar-refractivity contribution in [2.45, 2.75) is 0 Å². The monoisotopic (exact) mass is 292 g/mol. The molecule has 0 aliphatic carbocycles. The summed E-state index contributed by atoms with van der Waals surface area (Å²) in [5, 5.41) is 12.4. The lowest BCUT2D eigenvalue weighted by Crippen LogP contribution is -2.20. The zero-order valence-electron chi connectivity index (χ0n) is 11.2. The van der Waals surface area contributed by atoms with Crippen LogP contribution in [0.2, 0.25) is 0 Å². The number of hydrogen-bond acceptors (Lipinski definition) is 2. The van der Waals surface area contributed by atoms with Gasteiger partial charge in [-0.2, -0.15) is 0 Å². The maximum absolute atomic E-state index is 13.9. The van der Waals surface area contributed by atoms with Crippen molar-refractivity contribution in [1.29, 1.82) is 0 Å². The molecule has 102 valence electrons. The average molecular weight is 292 g/mol. The van der Waals surface area contributed by atoms with Crippen LogP contribution in [0.15, 0.2) is 72.8 Å². The van der Waals surface area contributed by atoms with Crippen LogP contribution in [0.5, 0.6) is 5.75 Å². The number of benzene rings is 3. The Bertz CT molecular complexity index is 849. The molecule has 3 aromatic carbocycles. The maximum atomic E-state index is 13.9. The lowest BCUT2D eigenvalue weighted by molar-refractivity contribution is 0.479. The summed E-state index contributed by atoms with van der Waals surface area (Å²) in [7, 11) is -2.99. The van der Waals surface area contributed by atoms with E-state index in [1.54, 1.807) is 18.2 Å². The van der Waals surface area contributed by atoms with Crippen molar-refractivity contribution < 1.29 is 9.67 Å². The standard InChI is InChI=1S/C18H13O2P/c19-15-9-3-6-12-18(15)21(20)16-10-4-1-7-13(16)14-8-2-5-11-17(14)21/h1-12,19H. The van der Waals surface area contributed by atoms with E-state index in [1.807, 2.05) is 54.6 Å². The van der Waals surface area contributed by atoms with E-state index >= 15 is 0 Å². The first-order valence-corrected chi connectivity index (χ1v) is 8.52. The molecule has 0 amide bonds. The van der Waals surface area contributed by atoms with Crippen molar-refractivity contribution in [1.82, 2.24) is 0 Å². The van der Waals surface area contributed by atoms with Crippen molar-refractivity contribution in [3.05, 3.63) is 72.8 Å². The van der Waals surface area contributed by atoms with Crippen LogP contribution in [0.25, 0.3) is 11.1 Å². The summed E-state index contributed by atoms with van der Waals surface area (Å²) < 4.78 is 13.9. The van der Waals surface area contributed by atoms with Crippen LogP contribution in [0, 0.1) is 0 Å². The number of hydrogen-bond donors (Lipinski definition) is 1. The van der Waals surface area contributed by atoms with Crippen LogP contribution in [0.3, 0.4) is 0 Å². The van der Waals surface area contributed by atoms with E-state index in [-0.39, 0.29) is 5.75 Å². The molecule has 2 nitrogen and oxygen atoms in total. The molecule has 0 fully saturated rings. The molecule has 0 atom stereocenters. The molecular formula is C18H13O2P. The van der Waals surface area contributed by atoms with E-state index in [0.29, 0.717) is 5.30 Å². The minimum absolute atomic E-state index is 0.0901. The van der Waals surface area contributed by atoms with E-state index in [0.717, 1.165) is 21.7 Å². The molecular weight excluding hydrogens is 279 g/mol. The lowest BCUT2D eigenvalue weighted by atomic mass is 10.1. The Kier molecular flexibility index (Phi) is 2.57. The zero-order chi connectivity index (χ0) is 14.4. The number of phenols is 1. The summed E-state index contributed by atoms with van der Waals surface area (Å²) in [6.45, 7) is 0. The highest BCUT2D eigenvalue weighted by atomic mass is 31.2. The molecule has 1 aliphatic heterocycles. The number of para-hydroxylation sites is 1. The molecule has 1 heterocycles. The van der Waals surface area contributed by atoms with Crippen LogP contribution >= 0.6 is 7.14 Å². The Balaban J connectivity index is 2.15. The highest BCUT2D eigenvalue weighted by Gasteiger charge is 2.41. The molecule has 4 rings (SSSR count). The Morgan fingerprint density at radius 3 is 1.57 bits per heavy atom. The third-order valence-electron chi connectivity index (χ3n) is 4.00. The summed E-state index contributed by atoms with van der Waals surface area (Å²) in [5.74, 6) is 0.0901. The molecule has 3 aromatic rings. The fraction of sp³-hybridized carbons (Fsp3) is 0. The second-order valence-corrected chi connectivity index (χ2v) is 7.80. The molecule has 21 heavy (non-hydrogen) atoms. The van der Waals surface area contributed by atoms with E-state index in [4.69, 9.17) is 0 Å². The van der Waals surface area contributed by atoms with Crippen molar-refractivity contribution in [2.75, 3.05) is 0 Å².